The Hall–Kier alpha value is -2.72. The molecule has 6 nitrogen and oxygen atoms in total. The van der Waals surface area contributed by atoms with Crippen LogP contribution in [0.15, 0.2) is 23.8 Å². The fraction of sp³-hybridized carbons (Fsp3) is 0.368. The molecule has 0 saturated carbocycles. The quantitative estimate of drug-likeness (QED) is 0.458. The highest BCUT2D eigenvalue weighted by Gasteiger charge is 2.12. The zero-order valence-electron chi connectivity index (χ0n) is 14.9. The minimum atomic E-state index is -0.339. The number of pyridine rings is 1. The summed E-state index contributed by atoms with van der Waals surface area (Å²) in [5.74, 6) is 5.44. The van der Waals surface area contributed by atoms with Crippen molar-refractivity contribution in [3.05, 3.63) is 40.7 Å². The lowest BCUT2D eigenvalue weighted by molar-refractivity contribution is -0.142. The Morgan fingerprint density at radius 1 is 1.31 bits per heavy atom. The predicted molar refractivity (Wildman–Crippen MR) is 101 cm³/mol. The molecule has 2 heterocycles. The van der Waals surface area contributed by atoms with Crippen molar-refractivity contribution in [1.29, 1.82) is 0 Å². The normalized spacial score (nSPS) is 9.92. The number of hydrogen-bond acceptors (Lipinski definition) is 6. The monoisotopic (exact) mass is 371 g/mol. The van der Waals surface area contributed by atoms with Crippen molar-refractivity contribution >= 4 is 28.3 Å². The Bertz CT molecular complexity index is 821. The van der Waals surface area contributed by atoms with Gasteiger partial charge in [-0.2, -0.15) is 0 Å². The van der Waals surface area contributed by atoms with Crippen LogP contribution in [0, 0.1) is 11.8 Å². The number of aromatic nitrogens is 2. The second kappa shape index (κ2) is 10.3. The minimum absolute atomic E-state index is 0.0879. The molecule has 2 aromatic heterocycles. The largest absolute Gasteiger partial charge is 0.466 e. The van der Waals surface area contributed by atoms with E-state index < -0.39 is 0 Å². The Morgan fingerprint density at radius 2 is 2.15 bits per heavy atom. The van der Waals surface area contributed by atoms with E-state index in [0.717, 1.165) is 19.3 Å². The van der Waals surface area contributed by atoms with Crippen LogP contribution in [0.5, 0.6) is 0 Å². The van der Waals surface area contributed by atoms with Crippen LogP contribution in [-0.4, -0.2) is 28.5 Å². The van der Waals surface area contributed by atoms with Gasteiger partial charge in [0.15, 0.2) is 5.13 Å². The second-order valence-corrected chi connectivity index (χ2v) is 6.31. The fourth-order valence-corrected chi connectivity index (χ4v) is 2.74. The Morgan fingerprint density at radius 3 is 2.92 bits per heavy atom. The maximum atomic E-state index is 12.4. The topological polar surface area (TPSA) is 81.2 Å². The number of ether oxygens (including phenoxy) is 1. The first-order chi connectivity index (χ1) is 12.6. The van der Waals surface area contributed by atoms with Crippen LogP contribution < -0.4 is 5.32 Å². The summed E-state index contributed by atoms with van der Waals surface area (Å²) < 4.78 is 4.88. The number of thiazole rings is 1. The van der Waals surface area contributed by atoms with Gasteiger partial charge in [0.25, 0.3) is 5.91 Å². The van der Waals surface area contributed by atoms with Crippen LogP contribution in [-0.2, 0) is 16.0 Å². The fourth-order valence-electron chi connectivity index (χ4n) is 2.04. The lowest BCUT2D eigenvalue weighted by Gasteiger charge is -2.02. The highest BCUT2D eigenvalue weighted by molar-refractivity contribution is 7.14. The molecule has 0 spiro atoms. The summed E-state index contributed by atoms with van der Waals surface area (Å²) in [6.45, 7) is 4.20. The lowest BCUT2D eigenvalue weighted by Crippen LogP contribution is -2.12. The van der Waals surface area contributed by atoms with Crippen molar-refractivity contribution in [2.45, 2.75) is 39.5 Å². The van der Waals surface area contributed by atoms with Gasteiger partial charge in [-0.05, 0) is 19.4 Å². The molecule has 136 valence electrons. The van der Waals surface area contributed by atoms with E-state index in [9.17, 15) is 9.59 Å². The Balaban J connectivity index is 1.98. The first-order valence-corrected chi connectivity index (χ1v) is 9.35. The molecule has 0 fully saturated rings. The zero-order valence-corrected chi connectivity index (χ0v) is 15.7. The molecule has 0 aliphatic rings. The summed E-state index contributed by atoms with van der Waals surface area (Å²) in [6.07, 6.45) is 6.19. The number of anilines is 1. The predicted octanol–water partition coefficient (Wildman–Crippen LogP) is 3.44. The SMILES string of the molecule is CCCCC#Cc1cncc(C(=O)Nc2nc(CC(=O)OCC)cs2)c1. The number of rotatable bonds is 7. The number of amides is 1. The van der Waals surface area contributed by atoms with Crippen molar-refractivity contribution < 1.29 is 14.3 Å². The van der Waals surface area contributed by atoms with Crippen molar-refractivity contribution in [1.82, 2.24) is 9.97 Å². The van der Waals surface area contributed by atoms with Crippen molar-refractivity contribution in [2.24, 2.45) is 0 Å². The van der Waals surface area contributed by atoms with Crippen LogP contribution in [0.1, 0.15) is 54.7 Å². The molecule has 0 bridgehead atoms. The lowest BCUT2D eigenvalue weighted by atomic mass is 10.2. The third-order valence-electron chi connectivity index (χ3n) is 3.29. The van der Waals surface area contributed by atoms with Gasteiger partial charge in [-0.25, -0.2) is 4.98 Å². The molecule has 26 heavy (non-hydrogen) atoms. The van der Waals surface area contributed by atoms with Crippen molar-refractivity contribution in [2.75, 3.05) is 11.9 Å². The maximum Gasteiger partial charge on any atom is 0.311 e. The summed E-state index contributed by atoms with van der Waals surface area (Å²) >= 11 is 1.26. The molecule has 2 aromatic rings. The first-order valence-electron chi connectivity index (χ1n) is 8.47. The van der Waals surface area contributed by atoms with E-state index in [1.54, 1.807) is 24.6 Å². The van der Waals surface area contributed by atoms with Gasteiger partial charge in [0.05, 0.1) is 24.3 Å². The van der Waals surface area contributed by atoms with Crippen molar-refractivity contribution in [3.63, 3.8) is 0 Å². The molecule has 0 aliphatic heterocycles. The number of carbonyl (C=O) groups excluding carboxylic acids is 2. The van der Waals surface area contributed by atoms with Crippen molar-refractivity contribution in [3.8, 4) is 11.8 Å². The van der Waals surface area contributed by atoms with Crippen LogP contribution in [0.25, 0.3) is 0 Å². The van der Waals surface area contributed by atoms with E-state index >= 15 is 0 Å². The van der Waals surface area contributed by atoms with Gasteiger partial charge in [-0.15, -0.1) is 11.3 Å². The minimum Gasteiger partial charge on any atom is -0.466 e. The maximum absolute atomic E-state index is 12.4. The number of esters is 1. The molecule has 0 unspecified atom stereocenters. The molecule has 0 aromatic carbocycles. The molecule has 0 radical (unpaired) electrons. The van der Waals surface area contributed by atoms with Gasteiger partial charge in [0.2, 0.25) is 0 Å². The van der Waals surface area contributed by atoms with E-state index in [1.165, 1.54) is 17.5 Å². The van der Waals surface area contributed by atoms with E-state index in [-0.39, 0.29) is 18.3 Å². The summed E-state index contributed by atoms with van der Waals surface area (Å²) in [5, 5.41) is 4.86. The summed E-state index contributed by atoms with van der Waals surface area (Å²) in [5.41, 5.74) is 1.68. The number of nitrogens with zero attached hydrogens (tertiary/aromatic N) is 2. The smallest absolute Gasteiger partial charge is 0.311 e. The number of unbranched alkanes of at least 4 members (excludes halogenated alkanes) is 2. The van der Waals surface area contributed by atoms with Gasteiger partial charge in [-0.3, -0.25) is 19.9 Å². The number of carbonyl (C=O) groups is 2. The first kappa shape index (κ1) is 19.6. The third kappa shape index (κ3) is 6.30. The summed E-state index contributed by atoms with van der Waals surface area (Å²) in [6, 6.07) is 1.70. The van der Waals surface area contributed by atoms with Gasteiger partial charge < -0.3 is 4.74 Å². The standard InChI is InChI=1S/C19H21N3O3S/c1-3-5-6-7-8-14-9-15(12-20-11-14)18(24)22-19-21-16(13-26-19)10-17(23)25-4-2/h9,11-13H,3-6,10H2,1-2H3,(H,21,22,24). The summed E-state index contributed by atoms with van der Waals surface area (Å²) in [7, 11) is 0. The Kier molecular flexibility index (Phi) is 7.77. The van der Waals surface area contributed by atoms with E-state index in [2.05, 4.69) is 34.0 Å². The molecule has 7 heteroatoms. The van der Waals surface area contributed by atoms with E-state index in [4.69, 9.17) is 4.74 Å². The van der Waals surface area contributed by atoms with Gasteiger partial charge in [0.1, 0.15) is 0 Å². The molecule has 1 amide bonds. The Labute approximate surface area is 157 Å². The average Bonchev–Trinajstić information content (AvgIpc) is 3.06. The number of hydrogen-bond donors (Lipinski definition) is 1. The molecule has 2 rings (SSSR count). The van der Waals surface area contributed by atoms with Gasteiger partial charge in [0, 0.05) is 29.8 Å². The molecular weight excluding hydrogens is 350 g/mol. The summed E-state index contributed by atoms with van der Waals surface area (Å²) in [4.78, 5) is 32.1. The molecule has 0 saturated heterocycles. The molecule has 1 N–H and O–H groups in total. The average molecular weight is 371 g/mol. The highest BCUT2D eigenvalue weighted by atomic mass is 32.1. The van der Waals surface area contributed by atoms with E-state index in [1.807, 2.05) is 0 Å². The molecular formula is C19H21N3O3S. The number of nitrogens with one attached hydrogen (secondary N) is 1. The second-order valence-electron chi connectivity index (χ2n) is 5.45. The zero-order chi connectivity index (χ0) is 18.8. The third-order valence-corrected chi connectivity index (χ3v) is 4.10. The molecule has 0 atom stereocenters. The van der Waals surface area contributed by atoms with Crippen LogP contribution in [0.4, 0.5) is 5.13 Å². The van der Waals surface area contributed by atoms with E-state index in [0.29, 0.717) is 28.6 Å². The van der Waals surface area contributed by atoms with Crippen LogP contribution >= 0.6 is 11.3 Å². The van der Waals surface area contributed by atoms with Crippen LogP contribution in [0.3, 0.4) is 0 Å². The molecule has 0 aliphatic carbocycles. The van der Waals surface area contributed by atoms with Gasteiger partial charge >= 0.3 is 5.97 Å². The van der Waals surface area contributed by atoms with Crippen LogP contribution in [0.2, 0.25) is 0 Å². The highest BCUT2D eigenvalue weighted by Crippen LogP contribution is 2.17. The van der Waals surface area contributed by atoms with Gasteiger partial charge in [-0.1, -0.05) is 25.2 Å².